The molecule has 7 heteroatoms. The van der Waals surface area contributed by atoms with Gasteiger partial charge in [-0.3, -0.25) is 10.1 Å². The minimum Gasteiger partial charge on any atom is -0.494 e. The number of amides is 3. The average Bonchev–Trinajstić information content (AvgIpc) is 2.94. The monoisotopic (exact) mass is 369 g/mol. The molecule has 0 saturated heterocycles. The molecule has 1 heterocycles. The van der Waals surface area contributed by atoms with E-state index in [1.807, 2.05) is 44.2 Å². The number of aryl methyl sites for hydroxylation is 1. The van der Waals surface area contributed by atoms with Gasteiger partial charge in [0.2, 0.25) is 0 Å². The molecule has 134 valence electrons. The highest BCUT2D eigenvalue weighted by molar-refractivity contribution is 7.23. The molecule has 4 N–H and O–H groups in total. The first-order valence-corrected chi connectivity index (χ1v) is 8.93. The second-order valence-electron chi connectivity index (χ2n) is 5.71. The summed E-state index contributed by atoms with van der Waals surface area (Å²) in [6.07, 6.45) is 0. The lowest BCUT2D eigenvalue weighted by Crippen LogP contribution is -2.21. The summed E-state index contributed by atoms with van der Waals surface area (Å²) in [4.78, 5) is 24.2. The molecule has 3 aromatic rings. The Morgan fingerprint density at radius 1 is 1.12 bits per heavy atom. The molecular formula is C19H19N3O3S. The van der Waals surface area contributed by atoms with E-state index in [0.29, 0.717) is 34.0 Å². The Bertz CT molecular complexity index is 964. The third-order valence-electron chi connectivity index (χ3n) is 3.76. The van der Waals surface area contributed by atoms with E-state index < -0.39 is 11.9 Å². The van der Waals surface area contributed by atoms with Crippen LogP contribution in [-0.2, 0) is 0 Å². The summed E-state index contributed by atoms with van der Waals surface area (Å²) in [7, 11) is 0. The Kier molecular flexibility index (Phi) is 5.09. The highest BCUT2D eigenvalue weighted by atomic mass is 32.1. The highest BCUT2D eigenvalue weighted by Gasteiger charge is 2.19. The first-order valence-electron chi connectivity index (χ1n) is 8.11. The molecule has 0 atom stereocenters. The summed E-state index contributed by atoms with van der Waals surface area (Å²) < 4.78 is 6.30. The van der Waals surface area contributed by atoms with E-state index >= 15 is 0 Å². The summed E-state index contributed by atoms with van der Waals surface area (Å²) >= 11 is 1.28. The van der Waals surface area contributed by atoms with Gasteiger partial charge in [0.1, 0.15) is 10.8 Å². The van der Waals surface area contributed by atoms with Crippen LogP contribution in [0.3, 0.4) is 0 Å². The van der Waals surface area contributed by atoms with Crippen LogP contribution in [0.2, 0.25) is 0 Å². The smallest absolute Gasteiger partial charge is 0.324 e. The van der Waals surface area contributed by atoms with Crippen LogP contribution in [0.25, 0.3) is 10.1 Å². The Hall–Kier alpha value is -3.06. The van der Waals surface area contributed by atoms with Crippen LogP contribution < -0.4 is 21.1 Å². The number of carbonyl (C=O) groups excluding carboxylic acids is 2. The van der Waals surface area contributed by atoms with Gasteiger partial charge in [-0.2, -0.15) is 0 Å². The van der Waals surface area contributed by atoms with E-state index in [0.717, 1.165) is 10.3 Å². The number of hydrogen-bond acceptors (Lipinski definition) is 4. The van der Waals surface area contributed by atoms with Crippen LogP contribution in [0.4, 0.5) is 15.5 Å². The fourth-order valence-corrected chi connectivity index (χ4v) is 3.70. The van der Waals surface area contributed by atoms with Crippen molar-refractivity contribution in [3.8, 4) is 5.75 Å². The molecule has 3 rings (SSSR count). The Morgan fingerprint density at radius 3 is 2.50 bits per heavy atom. The van der Waals surface area contributed by atoms with Crippen molar-refractivity contribution in [1.29, 1.82) is 0 Å². The van der Waals surface area contributed by atoms with Gasteiger partial charge in [0, 0.05) is 15.8 Å². The van der Waals surface area contributed by atoms with Crippen molar-refractivity contribution in [2.75, 3.05) is 17.2 Å². The number of nitrogens with one attached hydrogen (secondary N) is 2. The largest absolute Gasteiger partial charge is 0.494 e. The molecule has 26 heavy (non-hydrogen) atoms. The number of nitrogens with two attached hydrogens (primary N) is 1. The molecule has 1 aromatic heterocycles. The SMILES string of the molecule is CCOc1ccc2c(C(N)=O)c(NC(=O)Nc3ccc(C)cc3)sc2c1. The van der Waals surface area contributed by atoms with Gasteiger partial charge < -0.3 is 15.8 Å². The van der Waals surface area contributed by atoms with Gasteiger partial charge in [0.15, 0.2) is 0 Å². The van der Waals surface area contributed by atoms with Crippen LogP contribution in [0.15, 0.2) is 42.5 Å². The molecule has 0 aliphatic rings. The second kappa shape index (κ2) is 7.45. The lowest BCUT2D eigenvalue weighted by Gasteiger charge is -2.07. The van der Waals surface area contributed by atoms with E-state index in [9.17, 15) is 9.59 Å². The predicted molar refractivity (Wildman–Crippen MR) is 105 cm³/mol. The number of urea groups is 1. The molecule has 0 aliphatic heterocycles. The summed E-state index contributed by atoms with van der Waals surface area (Å²) in [5.41, 5.74) is 7.59. The van der Waals surface area contributed by atoms with Gasteiger partial charge in [-0.05, 0) is 44.2 Å². The molecule has 0 bridgehead atoms. The molecule has 3 amide bonds. The summed E-state index contributed by atoms with van der Waals surface area (Å²) in [5, 5.41) is 6.56. The molecular weight excluding hydrogens is 350 g/mol. The van der Waals surface area contributed by atoms with E-state index in [1.165, 1.54) is 11.3 Å². The van der Waals surface area contributed by atoms with Gasteiger partial charge in [0.25, 0.3) is 5.91 Å². The van der Waals surface area contributed by atoms with Gasteiger partial charge in [0.05, 0.1) is 12.2 Å². The van der Waals surface area contributed by atoms with Crippen molar-refractivity contribution >= 4 is 44.0 Å². The Morgan fingerprint density at radius 2 is 1.85 bits per heavy atom. The third-order valence-corrected chi connectivity index (χ3v) is 4.82. The summed E-state index contributed by atoms with van der Waals surface area (Å²) in [5.74, 6) is 0.110. The quantitative estimate of drug-likeness (QED) is 0.624. The minimum atomic E-state index is -0.592. The molecule has 6 nitrogen and oxygen atoms in total. The summed E-state index contributed by atoms with van der Waals surface area (Å²) in [6.45, 7) is 4.41. The highest BCUT2D eigenvalue weighted by Crippen LogP contribution is 2.37. The van der Waals surface area contributed by atoms with Crippen LogP contribution in [0, 0.1) is 6.92 Å². The van der Waals surface area contributed by atoms with Crippen molar-refractivity contribution < 1.29 is 14.3 Å². The normalized spacial score (nSPS) is 10.5. The lowest BCUT2D eigenvalue weighted by molar-refractivity contribution is 0.100. The fourth-order valence-electron chi connectivity index (χ4n) is 2.57. The van der Waals surface area contributed by atoms with Gasteiger partial charge in [-0.15, -0.1) is 11.3 Å². The number of primary amides is 1. The second-order valence-corrected chi connectivity index (χ2v) is 6.76. The van der Waals surface area contributed by atoms with Crippen LogP contribution in [0.1, 0.15) is 22.8 Å². The molecule has 0 spiro atoms. The Balaban J connectivity index is 1.88. The minimum absolute atomic E-state index is 0.298. The van der Waals surface area contributed by atoms with Crippen LogP contribution >= 0.6 is 11.3 Å². The predicted octanol–water partition coefficient (Wildman–Crippen LogP) is 4.35. The zero-order chi connectivity index (χ0) is 18.7. The van der Waals surface area contributed by atoms with E-state index in [4.69, 9.17) is 10.5 Å². The van der Waals surface area contributed by atoms with Crippen molar-refractivity contribution in [3.63, 3.8) is 0 Å². The zero-order valence-electron chi connectivity index (χ0n) is 14.5. The van der Waals surface area contributed by atoms with Crippen LogP contribution in [0.5, 0.6) is 5.75 Å². The average molecular weight is 369 g/mol. The molecule has 2 aromatic carbocycles. The number of ether oxygens (including phenoxy) is 1. The number of carbonyl (C=O) groups is 2. The van der Waals surface area contributed by atoms with Crippen molar-refractivity contribution in [1.82, 2.24) is 0 Å². The van der Waals surface area contributed by atoms with Crippen LogP contribution in [-0.4, -0.2) is 18.5 Å². The molecule has 0 radical (unpaired) electrons. The van der Waals surface area contributed by atoms with Crippen molar-refractivity contribution in [2.45, 2.75) is 13.8 Å². The van der Waals surface area contributed by atoms with Crippen molar-refractivity contribution in [2.24, 2.45) is 5.73 Å². The van der Waals surface area contributed by atoms with E-state index in [1.54, 1.807) is 12.1 Å². The zero-order valence-corrected chi connectivity index (χ0v) is 15.3. The fraction of sp³-hybridized carbons (Fsp3) is 0.158. The number of benzene rings is 2. The Labute approximate surface area is 155 Å². The van der Waals surface area contributed by atoms with Gasteiger partial charge in [-0.1, -0.05) is 17.7 Å². The lowest BCUT2D eigenvalue weighted by atomic mass is 10.1. The number of anilines is 2. The maximum atomic E-state index is 12.3. The first-order chi connectivity index (χ1) is 12.5. The van der Waals surface area contributed by atoms with Crippen molar-refractivity contribution in [3.05, 3.63) is 53.6 Å². The molecule has 0 fully saturated rings. The maximum Gasteiger partial charge on any atom is 0.324 e. The first kappa shape index (κ1) is 17.8. The number of fused-ring (bicyclic) bond motifs is 1. The van der Waals surface area contributed by atoms with Gasteiger partial charge >= 0.3 is 6.03 Å². The maximum absolute atomic E-state index is 12.3. The topological polar surface area (TPSA) is 93.4 Å². The summed E-state index contributed by atoms with van der Waals surface area (Å²) in [6, 6.07) is 12.4. The number of rotatable bonds is 5. The standard InChI is InChI=1S/C19H19N3O3S/c1-3-25-13-8-9-14-15(10-13)26-18(16(14)17(20)23)22-19(24)21-12-6-4-11(2)5-7-12/h4-10H,3H2,1-2H3,(H2,20,23)(H2,21,22,24). The van der Waals surface area contributed by atoms with Gasteiger partial charge in [-0.25, -0.2) is 4.79 Å². The number of thiophene rings is 1. The number of hydrogen-bond donors (Lipinski definition) is 3. The van der Waals surface area contributed by atoms with E-state index in [2.05, 4.69) is 10.6 Å². The molecule has 0 saturated carbocycles. The molecule has 0 unspecified atom stereocenters. The molecule has 0 aliphatic carbocycles. The van der Waals surface area contributed by atoms with E-state index in [-0.39, 0.29) is 0 Å². The third kappa shape index (κ3) is 3.78.